The molecule has 0 aromatic heterocycles. The lowest BCUT2D eigenvalue weighted by molar-refractivity contribution is -0.135. The molecule has 1 aliphatic carbocycles. The van der Waals surface area contributed by atoms with Gasteiger partial charge >= 0.3 is 0 Å². The van der Waals surface area contributed by atoms with Gasteiger partial charge in [-0.15, -0.1) is 0 Å². The molecule has 4 nitrogen and oxygen atoms in total. The Balaban J connectivity index is 1.57. The van der Waals surface area contributed by atoms with E-state index in [-0.39, 0.29) is 11.3 Å². The molecule has 2 amide bonds. The molecule has 2 heterocycles. The van der Waals surface area contributed by atoms with E-state index in [2.05, 4.69) is 12.2 Å². The van der Waals surface area contributed by atoms with E-state index in [1.807, 2.05) is 4.90 Å². The van der Waals surface area contributed by atoms with E-state index < -0.39 is 0 Å². The maximum atomic E-state index is 12.1. The average molecular weight is 236 g/mol. The minimum Gasteiger partial charge on any atom is -0.356 e. The highest BCUT2D eigenvalue weighted by Crippen LogP contribution is 2.42. The molecule has 0 bridgehead atoms. The Morgan fingerprint density at radius 1 is 1.41 bits per heavy atom. The van der Waals surface area contributed by atoms with Gasteiger partial charge in [-0.2, -0.15) is 0 Å². The second-order valence-corrected chi connectivity index (χ2v) is 6.10. The zero-order valence-electron chi connectivity index (χ0n) is 10.4. The molecule has 0 aromatic rings. The predicted octanol–water partition coefficient (Wildman–Crippen LogP) is 0.771. The maximum Gasteiger partial charge on any atom is 0.225 e. The standard InChI is InChI=1S/C13H20N2O2/c1-9-6-10(9)12(17)15-4-2-13(3-5-15)7-11(16)14-8-13/h9-10H,2-8H2,1H3,(H,14,16)/t9-,10-/m1/s1. The van der Waals surface area contributed by atoms with Crippen molar-refractivity contribution in [3.05, 3.63) is 0 Å². The summed E-state index contributed by atoms with van der Waals surface area (Å²) in [6, 6.07) is 0. The van der Waals surface area contributed by atoms with Gasteiger partial charge in [0.1, 0.15) is 0 Å². The van der Waals surface area contributed by atoms with Crippen molar-refractivity contribution in [1.29, 1.82) is 0 Å². The first kappa shape index (κ1) is 11.1. The lowest BCUT2D eigenvalue weighted by atomic mass is 9.77. The minimum absolute atomic E-state index is 0.156. The van der Waals surface area contributed by atoms with Gasteiger partial charge in [0.05, 0.1) is 0 Å². The SMILES string of the molecule is C[C@@H]1C[C@H]1C(=O)N1CCC2(CC1)CNC(=O)C2. The fraction of sp³-hybridized carbons (Fsp3) is 0.846. The van der Waals surface area contributed by atoms with Crippen molar-refractivity contribution < 1.29 is 9.59 Å². The summed E-state index contributed by atoms with van der Waals surface area (Å²) in [5, 5.41) is 2.92. The van der Waals surface area contributed by atoms with Crippen LogP contribution in [0, 0.1) is 17.3 Å². The van der Waals surface area contributed by atoms with E-state index in [1.54, 1.807) is 0 Å². The van der Waals surface area contributed by atoms with Gasteiger partial charge in [0.15, 0.2) is 0 Å². The number of hydrogen-bond acceptors (Lipinski definition) is 2. The van der Waals surface area contributed by atoms with Crippen LogP contribution in [0.5, 0.6) is 0 Å². The molecule has 94 valence electrons. The molecule has 2 saturated heterocycles. The number of amides is 2. The van der Waals surface area contributed by atoms with Gasteiger partial charge in [-0.25, -0.2) is 0 Å². The fourth-order valence-electron chi connectivity index (χ4n) is 3.21. The fourth-order valence-corrected chi connectivity index (χ4v) is 3.21. The molecule has 2 aliphatic heterocycles. The number of nitrogens with one attached hydrogen (secondary N) is 1. The highest BCUT2D eigenvalue weighted by Gasteiger charge is 2.45. The van der Waals surface area contributed by atoms with Crippen LogP contribution in [0.25, 0.3) is 0 Å². The van der Waals surface area contributed by atoms with Crippen molar-refractivity contribution in [2.75, 3.05) is 19.6 Å². The summed E-state index contributed by atoms with van der Waals surface area (Å²) in [6.45, 7) is 4.65. The van der Waals surface area contributed by atoms with E-state index in [0.29, 0.717) is 24.2 Å². The zero-order chi connectivity index (χ0) is 12.0. The van der Waals surface area contributed by atoms with Gasteiger partial charge in [-0.3, -0.25) is 9.59 Å². The van der Waals surface area contributed by atoms with Gasteiger partial charge in [0, 0.05) is 32.0 Å². The van der Waals surface area contributed by atoms with Crippen molar-refractivity contribution in [2.24, 2.45) is 17.3 Å². The van der Waals surface area contributed by atoms with Crippen molar-refractivity contribution in [3.63, 3.8) is 0 Å². The third-order valence-corrected chi connectivity index (χ3v) is 4.76. The molecule has 3 aliphatic rings. The quantitative estimate of drug-likeness (QED) is 0.731. The van der Waals surface area contributed by atoms with E-state index in [0.717, 1.165) is 38.9 Å². The summed E-state index contributed by atoms with van der Waals surface area (Å²) in [6.07, 6.45) is 3.70. The molecule has 4 heteroatoms. The lowest BCUT2D eigenvalue weighted by Crippen LogP contribution is -2.44. The Bertz CT molecular complexity index is 358. The second kappa shape index (κ2) is 3.72. The zero-order valence-corrected chi connectivity index (χ0v) is 10.4. The Labute approximate surface area is 102 Å². The van der Waals surface area contributed by atoms with Gasteiger partial charge in [-0.1, -0.05) is 6.92 Å². The number of carbonyl (C=O) groups excluding carboxylic acids is 2. The van der Waals surface area contributed by atoms with Crippen LogP contribution in [0.3, 0.4) is 0 Å². The van der Waals surface area contributed by atoms with Crippen LogP contribution in [-0.4, -0.2) is 36.3 Å². The van der Waals surface area contributed by atoms with Crippen molar-refractivity contribution in [2.45, 2.75) is 32.6 Å². The van der Waals surface area contributed by atoms with Crippen molar-refractivity contribution in [3.8, 4) is 0 Å². The van der Waals surface area contributed by atoms with Gasteiger partial charge < -0.3 is 10.2 Å². The molecule has 0 radical (unpaired) electrons. The molecule has 1 saturated carbocycles. The molecular formula is C13H20N2O2. The number of rotatable bonds is 1. The van der Waals surface area contributed by atoms with Gasteiger partial charge in [-0.05, 0) is 30.6 Å². The summed E-state index contributed by atoms with van der Waals surface area (Å²) in [5.74, 6) is 1.42. The molecule has 3 fully saturated rings. The number of likely N-dealkylation sites (tertiary alicyclic amines) is 1. The molecule has 2 atom stereocenters. The smallest absolute Gasteiger partial charge is 0.225 e. The minimum atomic E-state index is 0.156. The summed E-state index contributed by atoms with van der Waals surface area (Å²) in [7, 11) is 0. The number of piperidine rings is 1. The van der Waals surface area contributed by atoms with Crippen LogP contribution in [0.4, 0.5) is 0 Å². The average Bonchev–Trinajstić information content (AvgIpc) is 2.94. The highest BCUT2D eigenvalue weighted by molar-refractivity contribution is 5.82. The van der Waals surface area contributed by atoms with Crippen LogP contribution in [0.15, 0.2) is 0 Å². The van der Waals surface area contributed by atoms with Crippen LogP contribution < -0.4 is 5.32 Å². The first-order valence-electron chi connectivity index (χ1n) is 6.65. The first-order chi connectivity index (χ1) is 8.10. The van der Waals surface area contributed by atoms with Crippen molar-refractivity contribution >= 4 is 11.8 Å². The molecular weight excluding hydrogens is 216 g/mol. The molecule has 1 spiro atoms. The largest absolute Gasteiger partial charge is 0.356 e. The number of nitrogens with zero attached hydrogens (tertiary/aromatic N) is 1. The second-order valence-electron chi connectivity index (χ2n) is 6.10. The Hall–Kier alpha value is -1.06. The van der Waals surface area contributed by atoms with Crippen molar-refractivity contribution in [1.82, 2.24) is 10.2 Å². The predicted molar refractivity (Wildman–Crippen MR) is 63.1 cm³/mol. The summed E-state index contributed by atoms with van der Waals surface area (Å²) in [5.41, 5.74) is 0.156. The maximum absolute atomic E-state index is 12.1. The Morgan fingerprint density at radius 3 is 2.53 bits per heavy atom. The van der Waals surface area contributed by atoms with E-state index >= 15 is 0 Å². The highest BCUT2D eigenvalue weighted by atomic mass is 16.2. The third kappa shape index (κ3) is 1.94. The van der Waals surface area contributed by atoms with E-state index in [4.69, 9.17) is 0 Å². The molecule has 3 rings (SSSR count). The number of hydrogen-bond donors (Lipinski definition) is 1. The lowest BCUT2D eigenvalue weighted by Gasteiger charge is -2.38. The van der Waals surface area contributed by atoms with Gasteiger partial charge in [0.25, 0.3) is 0 Å². The summed E-state index contributed by atoms with van der Waals surface area (Å²) in [4.78, 5) is 25.4. The van der Waals surface area contributed by atoms with Crippen LogP contribution in [0.2, 0.25) is 0 Å². The summed E-state index contributed by atoms with van der Waals surface area (Å²) < 4.78 is 0. The third-order valence-electron chi connectivity index (χ3n) is 4.76. The van der Waals surface area contributed by atoms with E-state index in [9.17, 15) is 9.59 Å². The normalized spacial score (nSPS) is 34.9. The first-order valence-corrected chi connectivity index (χ1v) is 6.65. The molecule has 1 N–H and O–H groups in total. The Kier molecular flexibility index (Phi) is 2.42. The van der Waals surface area contributed by atoms with Crippen LogP contribution >= 0.6 is 0 Å². The Morgan fingerprint density at radius 2 is 2.06 bits per heavy atom. The molecule has 0 unspecified atom stereocenters. The van der Waals surface area contributed by atoms with Crippen LogP contribution in [-0.2, 0) is 9.59 Å². The van der Waals surface area contributed by atoms with Crippen LogP contribution in [0.1, 0.15) is 32.6 Å². The summed E-state index contributed by atoms with van der Waals surface area (Å²) >= 11 is 0. The topological polar surface area (TPSA) is 49.4 Å². The molecule has 17 heavy (non-hydrogen) atoms. The monoisotopic (exact) mass is 236 g/mol. The van der Waals surface area contributed by atoms with E-state index in [1.165, 1.54) is 0 Å². The number of carbonyl (C=O) groups is 2. The molecule has 0 aromatic carbocycles. The van der Waals surface area contributed by atoms with Gasteiger partial charge in [0.2, 0.25) is 11.8 Å².